The fourth-order valence-electron chi connectivity index (χ4n) is 0.880. The molecule has 0 aromatic rings. The summed E-state index contributed by atoms with van der Waals surface area (Å²) in [5.41, 5.74) is 0. The van der Waals surface area contributed by atoms with Crippen LogP contribution in [0.15, 0.2) is 0 Å². The largest absolute Gasteiger partial charge is 3.00 e. The molecule has 0 rings (SSSR count). The molecule has 8 nitrogen and oxygen atoms in total. The molecule has 0 aliphatic carbocycles. The second kappa shape index (κ2) is 28.6. The normalized spacial score (nSPS) is 7.48. The van der Waals surface area contributed by atoms with E-state index in [0.717, 1.165) is 33.6 Å². The van der Waals surface area contributed by atoms with Gasteiger partial charge in [-0.3, -0.25) is 4.79 Å². The van der Waals surface area contributed by atoms with E-state index in [2.05, 4.69) is 6.92 Å². The van der Waals surface area contributed by atoms with Crippen molar-refractivity contribution in [2.24, 2.45) is 0 Å². The molecule has 0 aromatic carbocycles. The second-order valence-corrected chi connectivity index (χ2v) is 4.03. The number of hydrogen-bond acceptors (Lipinski definition) is 7. The van der Waals surface area contributed by atoms with E-state index in [1.807, 2.05) is 0 Å². The summed E-state index contributed by atoms with van der Waals surface area (Å²) >= 11 is 0. The van der Waals surface area contributed by atoms with Gasteiger partial charge in [0.1, 0.15) is 0 Å². The number of unbranched alkanes of at least 4 members (excludes halogenated alkanes) is 4. The molecular formula is C14H25O8Rh. The van der Waals surface area contributed by atoms with Gasteiger partial charge in [-0.2, -0.15) is 0 Å². The Morgan fingerprint density at radius 3 is 1.22 bits per heavy atom. The van der Waals surface area contributed by atoms with E-state index < -0.39 is 23.9 Å². The van der Waals surface area contributed by atoms with Crippen molar-refractivity contribution < 1.29 is 59.1 Å². The molecular weight excluding hydrogens is 399 g/mol. The Labute approximate surface area is 149 Å². The quantitative estimate of drug-likeness (QED) is 0.407. The molecule has 0 unspecified atom stereocenters. The number of carbonyl (C=O) groups is 4. The third kappa shape index (κ3) is 232. The van der Waals surface area contributed by atoms with Crippen molar-refractivity contribution in [2.75, 3.05) is 0 Å². The topological polar surface area (TPSA) is 158 Å². The van der Waals surface area contributed by atoms with Crippen LogP contribution in [0.2, 0.25) is 0 Å². The number of hydrogen-bond donors (Lipinski definition) is 1. The van der Waals surface area contributed by atoms with E-state index in [4.69, 9.17) is 34.8 Å². The van der Waals surface area contributed by atoms with E-state index in [1.54, 1.807) is 0 Å². The Morgan fingerprint density at radius 2 is 1.00 bits per heavy atom. The molecule has 1 N–H and O–H groups in total. The molecule has 0 fully saturated rings. The van der Waals surface area contributed by atoms with Gasteiger partial charge >= 0.3 is 25.4 Å². The monoisotopic (exact) mass is 424 g/mol. The van der Waals surface area contributed by atoms with Gasteiger partial charge < -0.3 is 34.8 Å². The van der Waals surface area contributed by atoms with Crippen LogP contribution < -0.4 is 15.3 Å². The Bertz CT molecular complexity index is 265. The maximum Gasteiger partial charge on any atom is 3.00 e. The summed E-state index contributed by atoms with van der Waals surface area (Å²) in [5, 5.41) is 34.9. The van der Waals surface area contributed by atoms with Gasteiger partial charge in [-0.15, -0.1) is 0 Å². The predicted molar refractivity (Wildman–Crippen MR) is 73.1 cm³/mol. The van der Waals surface area contributed by atoms with Crippen molar-refractivity contribution in [2.45, 2.75) is 66.2 Å². The molecule has 0 amide bonds. The van der Waals surface area contributed by atoms with Gasteiger partial charge in [-0.05, 0) is 27.2 Å². The maximum absolute atomic E-state index is 10.0. The number of aliphatic carboxylic acids is 4. The van der Waals surface area contributed by atoms with Crippen LogP contribution >= 0.6 is 0 Å². The van der Waals surface area contributed by atoms with Crippen LogP contribution in [-0.4, -0.2) is 29.0 Å². The SMILES string of the molecule is CC(=O)[O-].CC(=O)[O-].CC(=O)[O-].CCCCCCCC(=O)O.[Rh+3]. The summed E-state index contributed by atoms with van der Waals surface area (Å²) in [5.74, 6) is -3.92. The average molecular weight is 424 g/mol. The molecule has 0 saturated heterocycles. The number of carboxylic acid groups (broad SMARTS) is 4. The Balaban J connectivity index is -0.0000000700. The molecule has 23 heavy (non-hydrogen) atoms. The summed E-state index contributed by atoms with van der Waals surface area (Å²) in [7, 11) is 0. The minimum atomic E-state index is -1.08. The van der Waals surface area contributed by atoms with E-state index in [9.17, 15) is 4.79 Å². The molecule has 0 heterocycles. The first kappa shape index (κ1) is 33.2. The molecule has 0 aliphatic heterocycles. The van der Waals surface area contributed by atoms with Crippen LogP contribution in [0.25, 0.3) is 0 Å². The van der Waals surface area contributed by atoms with Crippen LogP contribution in [0, 0.1) is 0 Å². The van der Waals surface area contributed by atoms with Crippen molar-refractivity contribution in [3.8, 4) is 0 Å². The zero-order chi connectivity index (χ0) is 18.6. The van der Waals surface area contributed by atoms with Gasteiger partial charge in [0.2, 0.25) is 0 Å². The Morgan fingerprint density at radius 1 is 0.739 bits per heavy atom. The van der Waals surface area contributed by atoms with Crippen molar-refractivity contribution >= 4 is 23.9 Å². The molecule has 138 valence electrons. The van der Waals surface area contributed by atoms with E-state index >= 15 is 0 Å². The standard InChI is InChI=1S/C8H16O2.3C2H4O2.Rh/c1-2-3-4-5-6-7-8(9)10;3*1-2(3)4;/h2-7H2,1H3,(H,9,10);3*1H3,(H,3,4);/q;;;;+3/p-3. The fraction of sp³-hybridized carbons (Fsp3) is 0.714. The van der Waals surface area contributed by atoms with Crippen LogP contribution in [0.1, 0.15) is 66.2 Å². The molecule has 0 aromatic heterocycles. The van der Waals surface area contributed by atoms with E-state index in [1.165, 1.54) is 19.3 Å². The van der Waals surface area contributed by atoms with Crippen molar-refractivity contribution in [1.29, 1.82) is 0 Å². The second-order valence-electron chi connectivity index (χ2n) is 4.03. The Hall–Kier alpha value is -1.50. The molecule has 0 spiro atoms. The molecule has 0 aliphatic rings. The summed E-state index contributed by atoms with van der Waals surface area (Å²) in [6.45, 7) is 5.07. The molecule has 0 bridgehead atoms. The molecule has 0 atom stereocenters. The third-order valence-corrected chi connectivity index (χ3v) is 1.49. The zero-order valence-corrected chi connectivity index (χ0v) is 15.5. The third-order valence-electron chi connectivity index (χ3n) is 1.49. The van der Waals surface area contributed by atoms with Gasteiger partial charge in [0, 0.05) is 24.3 Å². The van der Waals surface area contributed by atoms with Crippen LogP contribution in [0.3, 0.4) is 0 Å². The fourth-order valence-corrected chi connectivity index (χ4v) is 0.880. The van der Waals surface area contributed by atoms with Crippen molar-refractivity contribution in [3.63, 3.8) is 0 Å². The van der Waals surface area contributed by atoms with Crippen molar-refractivity contribution in [1.82, 2.24) is 0 Å². The summed E-state index contributed by atoms with van der Waals surface area (Å²) in [6.07, 6.45) is 5.88. The Kier molecular flexibility index (Phi) is 41.3. The average Bonchev–Trinajstić information content (AvgIpc) is 2.26. The first-order valence-electron chi connectivity index (χ1n) is 6.71. The molecule has 0 radical (unpaired) electrons. The minimum Gasteiger partial charge on any atom is -0.550 e. The zero-order valence-electron chi connectivity index (χ0n) is 13.9. The van der Waals surface area contributed by atoms with Crippen LogP contribution in [0.5, 0.6) is 0 Å². The summed E-state index contributed by atoms with van der Waals surface area (Å²) < 4.78 is 0. The summed E-state index contributed by atoms with van der Waals surface area (Å²) in [4.78, 5) is 36.7. The van der Waals surface area contributed by atoms with Crippen molar-refractivity contribution in [3.05, 3.63) is 0 Å². The number of carbonyl (C=O) groups excluding carboxylic acids is 3. The van der Waals surface area contributed by atoms with Gasteiger partial charge in [-0.25, -0.2) is 0 Å². The van der Waals surface area contributed by atoms with Gasteiger partial charge in [-0.1, -0.05) is 32.6 Å². The van der Waals surface area contributed by atoms with Gasteiger partial charge in [0.05, 0.1) is 0 Å². The number of carboxylic acids is 4. The summed E-state index contributed by atoms with van der Waals surface area (Å²) in [6, 6.07) is 0. The van der Waals surface area contributed by atoms with Crippen LogP contribution in [-0.2, 0) is 38.7 Å². The maximum atomic E-state index is 10.0. The number of rotatable bonds is 6. The van der Waals surface area contributed by atoms with E-state index in [-0.39, 0.29) is 19.5 Å². The van der Waals surface area contributed by atoms with E-state index in [0.29, 0.717) is 6.42 Å². The molecule has 0 saturated carbocycles. The first-order chi connectivity index (χ1) is 9.97. The first-order valence-corrected chi connectivity index (χ1v) is 6.71. The minimum absolute atomic E-state index is 0. The smallest absolute Gasteiger partial charge is 0.550 e. The van der Waals surface area contributed by atoms with Gasteiger partial charge in [0.15, 0.2) is 0 Å². The van der Waals surface area contributed by atoms with Crippen LogP contribution in [0.4, 0.5) is 0 Å². The van der Waals surface area contributed by atoms with Gasteiger partial charge in [0.25, 0.3) is 0 Å². The molecule has 9 heteroatoms. The predicted octanol–water partition coefficient (Wildman–Crippen LogP) is -1.30.